The molecule has 1 aliphatic heterocycles. The summed E-state index contributed by atoms with van der Waals surface area (Å²) in [5.41, 5.74) is 0.0748. The molecule has 1 heterocycles. The summed E-state index contributed by atoms with van der Waals surface area (Å²) < 4.78 is 9.78. The number of nitro groups is 1. The molecule has 0 amide bonds. The number of hydrogen-bond acceptors (Lipinski definition) is 7. The van der Waals surface area contributed by atoms with Crippen LogP contribution in [0.5, 0.6) is 5.75 Å². The monoisotopic (exact) mass is 331 g/mol. The highest BCUT2D eigenvalue weighted by atomic mass is 16.6. The van der Waals surface area contributed by atoms with Crippen LogP contribution in [0.1, 0.15) is 20.3 Å². The zero-order valence-electron chi connectivity index (χ0n) is 13.6. The van der Waals surface area contributed by atoms with Crippen LogP contribution in [0.3, 0.4) is 0 Å². The second-order valence-corrected chi connectivity index (χ2v) is 4.46. The minimum Gasteiger partial charge on any atom is -0.497 e. The number of ether oxygens (including phenoxy) is 2. The predicted octanol–water partition coefficient (Wildman–Crippen LogP) is 1.12. The number of nitrogens with zero attached hydrogens (tertiary/aromatic N) is 1. The normalized spacial score (nSPS) is 22.8. The van der Waals surface area contributed by atoms with Crippen molar-refractivity contribution >= 4 is 5.69 Å². The third-order valence-electron chi connectivity index (χ3n) is 2.94. The summed E-state index contributed by atoms with van der Waals surface area (Å²) in [6, 6.07) is 5.91. The summed E-state index contributed by atoms with van der Waals surface area (Å²) in [5.74, 6) is 0.621. The quantitative estimate of drug-likeness (QED) is 0.560. The Morgan fingerprint density at radius 3 is 2.22 bits per heavy atom. The molecule has 1 aromatic carbocycles. The molecule has 0 bridgehead atoms. The minimum absolute atomic E-state index is 0.0748. The van der Waals surface area contributed by atoms with E-state index in [0.29, 0.717) is 12.2 Å². The summed E-state index contributed by atoms with van der Waals surface area (Å²) in [5, 5.41) is 36.7. The first-order valence-corrected chi connectivity index (χ1v) is 7.35. The maximum Gasteiger partial charge on any atom is 0.269 e. The van der Waals surface area contributed by atoms with Crippen molar-refractivity contribution in [3.63, 3.8) is 0 Å². The summed E-state index contributed by atoms with van der Waals surface area (Å²) in [4.78, 5) is 9.72. The lowest BCUT2D eigenvalue weighted by atomic mass is 10.0. The van der Waals surface area contributed by atoms with Crippen molar-refractivity contribution in [3.8, 4) is 5.75 Å². The number of non-ortho nitro benzene ring substituents is 1. The molecule has 0 saturated carbocycles. The fourth-order valence-electron chi connectivity index (χ4n) is 1.67. The van der Waals surface area contributed by atoms with Gasteiger partial charge < -0.3 is 24.8 Å². The molecule has 2 rings (SSSR count). The molecule has 8 nitrogen and oxygen atoms in total. The SMILES string of the molecule is CC.COc1ccc([N+](=O)[O-])cc1.OCC1CC(O)C(O)CO1. The molecule has 0 radical (unpaired) electrons. The average molecular weight is 331 g/mol. The average Bonchev–Trinajstić information content (AvgIpc) is 2.59. The number of methoxy groups -OCH3 is 1. The molecular formula is C15H25NO7. The van der Waals surface area contributed by atoms with Crippen molar-refractivity contribution in [2.45, 2.75) is 38.6 Å². The Morgan fingerprint density at radius 1 is 1.26 bits per heavy atom. The fraction of sp³-hybridized carbons (Fsp3) is 0.600. The summed E-state index contributed by atoms with van der Waals surface area (Å²) >= 11 is 0. The van der Waals surface area contributed by atoms with Gasteiger partial charge in [-0.15, -0.1) is 0 Å². The molecule has 3 atom stereocenters. The molecular weight excluding hydrogens is 306 g/mol. The molecule has 23 heavy (non-hydrogen) atoms. The molecule has 1 fully saturated rings. The van der Waals surface area contributed by atoms with Gasteiger partial charge >= 0.3 is 0 Å². The highest BCUT2D eigenvalue weighted by molar-refractivity contribution is 5.35. The first-order valence-electron chi connectivity index (χ1n) is 7.35. The van der Waals surface area contributed by atoms with Gasteiger partial charge in [0.15, 0.2) is 0 Å². The Labute approximate surface area is 135 Å². The molecule has 0 aromatic heterocycles. The summed E-state index contributed by atoms with van der Waals surface area (Å²) in [6.07, 6.45) is -1.52. The van der Waals surface area contributed by atoms with Crippen LogP contribution in [0.2, 0.25) is 0 Å². The Kier molecular flexibility index (Phi) is 10.9. The van der Waals surface area contributed by atoms with Gasteiger partial charge in [0.05, 0.1) is 37.5 Å². The summed E-state index contributed by atoms with van der Waals surface area (Å²) in [6.45, 7) is 4.02. The van der Waals surface area contributed by atoms with E-state index in [1.807, 2.05) is 13.8 Å². The third kappa shape index (κ3) is 7.89. The van der Waals surface area contributed by atoms with Crippen LogP contribution in [-0.4, -0.2) is 58.9 Å². The predicted molar refractivity (Wildman–Crippen MR) is 84.5 cm³/mol. The Morgan fingerprint density at radius 2 is 1.83 bits per heavy atom. The van der Waals surface area contributed by atoms with Crippen molar-refractivity contribution in [3.05, 3.63) is 34.4 Å². The first-order chi connectivity index (χ1) is 11.0. The van der Waals surface area contributed by atoms with Crippen molar-refractivity contribution in [1.82, 2.24) is 0 Å². The number of aliphatic hydroxyl groups is 3. The Bertz CT molecular complexity index is 438. The van der Waals surface area contributed by atoms with Crippen molar-refractivity contribution in [2.24, 2.45) is 0 Å². The molecule has 8 heteroatoms. The standard InChI is InChI=1S/C7H7NO3.C6H12O4.C2H6/c1-11-7-4-2-6(3-5-7)8(9)10;7-2-4-1-5(8)6(9)3-10-4;1-2/h2-5H,1H3;4-9H,1-3H2;1-2H3. The van der Waals surface area contributed by atoms with Crippen molar-refractivity contribution < 1.29 is 29.7 Å². The van der Waals surface area contributed by atoms with E-state index in [0.717, 1.165) is 0 Å². The molecule has 1 saturated heterocycles. The van der Waals surface area contributed by atoms with Gasteiger partial charge in [-0.1, -0.05) is 13.8 Å². The van der Waals surface area contributed by atoms with Crippen LogP contribution in [-0.2, 0) is 4.74 Å². The van der Waals surface area contributed by atoms with Crippen LogP contribution < -0.4 is 4.74 Å². The number of hydrogen-bond donors (Lipinski definition) is 3. The van der Waals surface area contributed by atoms with Gasteiger partial charge in [0.1, 0.15) is 11.9 Å². The maximum atomic E-state index is 10.2. The summed E-state index contributed by atoms with van der Waals surface area (Å²) in [7, 11) is 1.52. The Balaban J connectivity index is 0.000000381. The van der Waals surface area contributed by atoms with Gasteiger partial charge in [-0.3, -0.25) is 10.1 Å². The topological polar surface area (TPSA) is 122 Å². The maximum absolute atomic E-state index is 10.2. The fourth-order valence-corrected chi connectivity index (χ4v) is 1.67. The second-order valence-electron chi connectivity index (χ2n) is 4.46. The van der Waals surface area contributed by atoms with E-state index in [1.165, 1.54) is 19.2 Å². The van der Waals surface area contributed by atoms with Gasteiger partial charge in [0, 0.05) is 18.6 Å². The van der Waals surface area contributed by atoms with Crippen LogP contribution in [0.15, 0.2) is 24.3 Å². The molecule has 3 unspecified atom stereocenters. The van der Waals surface area contributed by atoms with E-state index in [2.05, 4.69) is 0 Å². The van der Waals surface area contributed by atoms with Gasteiger partial charge in [-0.25, -0.2) is 0 Å². The molecule has 1 aliphatic rings. The van der Waals surface area contributed by atoms with Gasteiger partial charge in [0.25, 0.3) is 5.69 Å². The molecule has 0 aliphatic carbocycles. The van der Waals surface area contributed by atoms with E-state index in [1.54, 1.807) is 12.1 Å². The van der Waals surface area contributed by atoms with E-state index < -0.39 is 17.1 Å². The first kappa shape index (κ1) is 21.3. The molecule has 1 aromatic rings. The Hall–Kier alpha value is -1.74. The van der Waals surface area contributed by atoms with Crippen molar-refractivity contribution in [2.75, 3.05) is 20.3 Å². The number of nitro benzene ring substituents is 1. The van der Waals surface area contributed by atoms with Crippen molar-refractivity contribution in [1.29, 1.82) is 0 Å². The van der Waals surface area contributed by atoms with Gasteiger partial charge in [0.2, 0.25) is 0 Å². The highest BCUT2D eigenvalue weighted by Crippen LogP contribution is 2.16. The zero-order chi connectivity index (χ0) is 17.8. The van der Waals surface area contributed by atoms with E-state index in [4.69, 9.17) is 24.8 Å². The second kappa shape index (κ2) is 11.8. The smallest absolute Gasteiger partial charge is 0.269 e. The van der Waals surface area contributed by atoms with Crippen LogP contribution in [0.25, 0.3) is 0 Å². The molecule has 3 N–H and O–H groups in total. The highest BCUT2D eigenvalue weighted by Gasteiger charge is 2.27. The lowest BCUT2D eigenvalue weighted by Crippen LogP contribution is -2.42. The lowest BCUT2D eigenvalue weighted by molar-refractivity contribution is -0.384. The number of aliphatic hydroxyl groups excluding tert-OH is 3. The zero-order valence-corrected chi connectivity index (χ0v) is 13.6. The van der Waals surface area contributed by atoms with Crippen LogP contribution >= 0.6 is 0 Å². The van der Waals surface area contributed by atoms with Crippen LogP contribution in [0, 0.1) is 10.1 Å². The minimum atomic E-state index is -0.789. The molecule has 132 valence electrons. The van der Waals surface area contributed by atoms with Gasteiger partial charge in [-0.2, -0.15) is 0 Å². The third-order valence-corrected chi connectivity index (χ3v) is 2.94. The molecule has 0 spiro atoms. The largest absolute Gasteiger partial charge is 0.497 e. The number of rotatable bonds is 3. The lowest BCUT2D eigenvalue weighted by Gasteiger charge is -2.29. The van der Waals surface area contributed by atoms with E-state index in [-0.39, 0.29) is 25.0 Å². The van der Waals surface area contributed by atoms with E-state index in [9.17, 15) is 10.1 Å². The number of benzene rings is 1. The van der Waals surface area contributed by atoms with Gasteiger partial charge in [-0.05, 0) is 12.1 Å². The van der Waals surface area contributed by atoms with E-state index >= 15 is 0 Å². The van der Waals surface area contributed by atoms with Crippen LogP contribution in [0.4, 0.5) is 5.69 Å².